The smallest absolute Gasteiger partial charge is 0 e. The van der Waals surface area contributed by atoms with Gasteiger partial charge in [-0.15, -0.1) is 0 Å². The molecule has 0 fully saturated rings. The van der Waals surface area contributed by atoms with E-state index in [4.69, 9.17) is 37.2 Å². The molecule has 0 unspecified atom stereocenters. The van der Waals surface area contributed by atoms with Gasteiger partial charge in [-0.2, -0.15) is 0 Å². The van der Waals surface area contributed by atoms with Crippen molar-refractivity contribution >= 4 is 0 Å². The molecule has 0 aromatic carbocycles. The number of rotatable bonds is 1. The summed E-state index contributed by atoms with van der Waals surface area (Å²) in [7, 11) is 0. The van der Waals surface area contributed by atoms with Gasteiger partial charge in [-0.05, 0) is 0 Å². The van der Waals surface area contributed by atoms with Gasteiger partial charge in [0.2, 0.25) is 0 Å². The molecular formula is C12H6Mn2O8. The minimum atomic E-state index is 0. The zero-order valence-electron chi connectivity index (χ0n) is 10.6. The Morgan fingerprint density at radius 2 is 0.409 bits per heavy atom. The molecular weight excluding hydrogens is 382 g/mol. The molecule has 0 saturated heterocycles. The maximum Gasteiger partial charge on any atom is 0 e. The third-order valence-corrected chi connectivity index (χ3v) is 0.167. The van der Waals surface area contributed by atoms with E-state index in [1.165, 1.54) is 0 Å². The maximum absolute atomic E-state index is 7.50. The molecule has 0 atom stereocenters. The van der Waals surface area contributed by atoms with Crippen LogP contribution in [-0.2, 0) is 71.4 Å². The van der Waals surface area contributed by atoms with Gasteiger partial charge in [0, 0.05) is 34.1 Å². The zero-order chi connectivity index (χ0) is 19.4. The summed E-state index contributed by atoms with van der Waals surface area (Å²) in [5, 5.41) is 0. The summed E-state index contributed by atoms with van der Waals surface area (Å²) in [5.41, 5.74) is 0. The molecule has 0 aromatic rings. The number of hydrogen-bond donors (Lipinski definition) is 0. The van der Waals surface area contributed by atoms with Crippen LogP contribution in [0, 0.1) is 53.2 Å². The summed E-state index contributed by atoms with van der Waals surface area (Å²) < 4.78 is 60.0. The van der Waals surface area contributed by atoms with E-state index in [0.717, 1.165) is 0 Å². The Morgan fingerprint density at radius 3 is 0.409 bits per heavy atom. The van der Waals surface area contributed by atoms with Crippen molar-refractivity contribution in [3.63, 3.8) is 0 Å². The summed E-state index contributed by atoms with van der Waals surface area (Å²) in [5.74, 6) is 0. The first-order valence-corrected chi connectivity index (χ1v) is 2.78. The summed E-state index contributed by atoms with van der Waals surface area (Å²) in [6.45, 7) is 42.7. The molecule has 22 heavy (non-hydrogen) atoms. The molecule has 8 nitrogen and oxygen atoms in total. The van der Waals surface area contributed by atoms with Crippen molar-refractivity contribution in [1.82, 2.24) is 0 Å². The van der Waals surface area contributed by atoms with E-state index >= 15 is 0 Å². The summed E-state index contributed by atoms with van der Waals surface area (Å²) in [4.78, 5) is 0. The third-order valence-electron chi connectivity index (χ3n) is 0.167. The average molecular weight is 388 g/mol. The minimum absolute atomic E-state index is 0. The van der Waals surface area contributed by atoms with Crippen molar-refractivity contribution in [2.75, 3.05) is 0 Å². The van der Waals surface area contributed by atoms with E-state index in [-0.39, 0.29) is 34.1 Å². The molecule has 0 N–H and O–H groups in total. The Balaban J connectivity index is -0.00000000693. The molecule has 0 rings (SSSR count). The summed E-state index contributed by atoms with van der Waals surface area (Å²) >= 11 is 0. The SMILES string of the molecule is C=CC=C.[C-]#[O+].[C-]#[O+].[C-]#[O+].[C-]#[O+].[C-]#[O+].[C-]#[O+].[C-]#[O+].[C-]#[O+].[Mn].[Mn]. The average Bonchev–Trinajstić information content (AvgIpc) is 2.68. The first kappa shape index (κ1) is 86.7. The monoisotopic (exact) mass is 388 g/mol. The Hall–Kier alpha value is -1.56. The van der Waals surface area contributed by atoms with Gasteiger partial charge in [-0.3, -0.25) is 0 Å². The van der Waals surface area contributed by atoms with Gasteiger partial charge in [0.1, 0.15) is 0 Å². The fraction of sp³-hybridized carbons (Fsp3) is 0. The second kappa shape index (κ2) is 34300. The van der Waals surface area contributed by atoms with Crippen LogP contribution in [0.1, 0.15) is 0 Å². The van der Waals surface area contributed by atoms with Crippen LogP contribution in [0.5, 0.6) is 0 Å². The fourth-order valence-corrected chi connectivity index (χ4v) is 0. The number of allylic oxidation sites excluding steroid dienone is 2. The van der Waals surface area contributed by atoms with Crippen LogP contribution in [0.15, 0.2) is 25.3 Å². The van der Waals surface area contributed by atoms with Crippen molar-refractivity contribution in [3.05, 3.63) is 78.5 Å². The van der Waals surface area contributed by atoms with Crippen LogP contribution >= 0.6 is 0 Å². The molecule has 0 heterocycles. The van der Waals surface area contributed by atoms with E-state index in [1.807, 2.05) is 0 Å². The van der Waals surface area contributed by atoms with Gasteiger partial charge in [0.05, 0.1) is 0 Å². The van der Waals surface area contributed by atoms with Crippen LogP contribution in [-0.4, -0.2) is 0 Å². The van der Waals surface area contributed by atoms with Gasteiger partial charge >= 0.3 is 90.4 Å². The number of hydrogen-bond acceptors (Lipinski definition) is 0. The Morgan fingerprint density at radius 1 is 0.364 bits per heavy atom. The third kappa shape index (κ3) is 17800. The molecule has 0 aliphatic rings. The maximum atomic E-state index is 7.50. The normalized spacial score (nSPS) is 1.64. The second-order valence-corrected chi connectivity index (χ2v) is 0.471. The van der Waals surface area contributed by atoms with Gasteiger partial charge in [0.15, 0.2) is 0 Å². The predicted octanol–water partition coefficient (Wildman–Crippen LogP) is 1.05. The van der Waals surface area contributed by atoms with Gasteiger partial charge < -0.3 is 0 Å². The Labute approximate surface area is 150 Å². The summed E-state index contributed by atoms with van der Waals surface area (Å²) in [6, 6.07) is 0. The quantitative estimate of drug-likeness (QED) is 0.272. The van der Waals surface area contributed by atoms with Gasteiger partial charge in [0.25, 0.3) is 0 Å². The zero-order valence-corrected chi connectivity index (χ0v) is 13.0. The van der Waals surface area contributed by atoms with E-state index in [9.17, 15) is 0 Å². The minimum Gasteiger partial charge on any atom is 0 e. The molecule has 0 aliphatic carbocycles. The molecule has 0 saturated carbocycles. The van der Waals surface area contributed by atoms with Gasteiger partial charge in [-0.25, -0.2) is 0 Å². The van der Waals surface area contributed by atoms with E-state index in [1.54, 1.807) is 12.2 Å². The first-order chi connectivity index (χ1) is 9.91. The molecule has 0 amide bonds. The van der Waals surface area contributed by atoms with Crippen LogP contribution in [0.2, 0.25) is 0 Å². The van der Waals surface area contributed by atoms with Gasteiger partial charge in [-0.1, -0.05) is 25.3 Å². The standard InChI is InChI=1S/C4H6.8CO.2Mn/c1-3-4-2;8*1-2;;/h3-4H,1-2H2;;;;;;;;;;. The van der Waals surface area contributed by atoms with Crippen LogP contribution in [0.25, 0.3) is 0 Å². The van der Waals surface area contributed by atoms with E-state index in [0.29, 0.717) is 0 Å². The fourth-order valence-electron chi connectivity index (χ4n) is 0. The second-order valence-electron chi connectivity index (χ2n) is 0.471. The van der Waals surface area contributed by atoms with E-state index in [2.05, 4.69) is 66.4 Å². The molecule has 0 spiro atoms. The molecule has 0 aliphatic heterocycles. The van der Waals surface area contributed by atoms with Crippen molar-refractivity contribution in [2.24, 2.45) is 0 Å². The molecule has 0 aromatic heterocycles. The van der Waals surface area contributed by atoms with Crippen molar-refractivity contribution in [2.45, 2.75) is 0 Å². The topological polar surface area (TPSA) is 159 Å². The van der Waals surface area contributed by atoms with Crippen molar-refractivity contribution in [3.8, 4) is 0 Å². The summed E-state index contributed by atoms with van der Waals surface area (Å²) in [6.07, 6.45) is 3.28. The Kier molecular flexibility index (Phi) is 135000. The molecule has 2 radical (unpaired) electrons. The van der Waals surface area contributed by atoms with Crippen LogP contribution in [0.4, 0.5) is 0 Å². The van der Waals surface area contributed by atoms with Crippen molar-refractivity contribution < 1.29 is 71.4 Å². The largest absolute Gasteiger partial charge is 0 e. The molecule has 0 bridgehead atoms. The van der Waals surface area contributed by atoms with Crippen LogP contribution < -0.4 is 0 Å². The Bertz CT molecular complexity index is 203. The van der Waals surface area contributed by atoms with E-state index < -0.39 is 0 Å². The predicted molar refractivity (Wildman–Crippen MR) is 51.8 cm³/mol. The first-order valence-electron chi connectivity index (χ1n) is 2.78. The van der Waals surface area contributed by atoms with Crippen LogP contribution in [0.3, 0.4) is 0 Å². The molecule has 10 heteroatoms. The molecule has 116 valence electrons. The van der Waals surface area contributed by atoms with Crippen molar-refractivity contribution in [1.29, 1.82) is 0 Å².